The molecule has 4 aromatic heterocycles. The molecular weight excluding hydrogens is 829 g/mol. The van der Waals surface area contributed by atoms with E-state index in [0.29, 0.717) is 0 Å². The highest BCUT2D eigenvalue weighted by atomic mass is 16.3. The van der Waals surface area contributed by atoms with E-state index in [2.05, 4.69) is 234 Å². The Kier molecular flexibility index (Phi) is 10.2. The molecule has 0 spiro atoms. The third-order valence-corrected chi connectivity index (χ3v) is 13.8. The average Bonchev–Trinajstić information content (AvgIpc) is 4.05. The van der Waals surface area contributed by atoms with Crippen LogP contribution in [0.4, 0.5) is 0 Å². The first-order valence-electron chi connectivity index (χ1n) is 23.9. The van der Waals surface area contributed by atoms with Gasteiger partial charge in [0.25, 0.3) is 6.33 Å². The van der Waals surface area contributed by atoms with E-state index in [0.717, 1.165) is 56.6 Å². The zero-order valence-corrected chi connectivity index (χ0v) is 40.6. The van der Waals surface area contributed by atoms with Gasteiger partial charge < -0.3 is 4.42 Å². The summed E-state index contributed by atoms with van der Waals surface area (Å²) >= 11 is 0. The summed E-state index contributed by atoms with van der Waals surface area (Å²) in [5.74, 6) is 0.869. The number of imidazole rings is 1. The summed E-state index contributed by atoms with van der Waals surface area (Å²) in [6.45, 7) is 20.7. The van der Waals surface area contributed by atoms with Gasteiger partial charge in [-0.25, -0.2) is 4.98 Å². The molecular formula is C63H58N4O. The third kappa shape index (κ3) is 7.60. The van der Waals surface area contributed by atoms with Crippen molar-refractivity contribution in [3.05, 3.63) is 210 Å². The van der Waals surface area contributed by atoms with Gasteiger partial charge in [-0.1, -0.05) is 190 Å². The first-order chi connectivity index (χ1) is 32.6. The molecule has 0 unspecified atom stereocenters. The largest absolute Gasteiger partial charge is 0.464 e. The van der Waals surface area contributed by atoms with Crippen molar-refractivity contribution in [2.75, 3.05) is 0 Å². The van der Waals surface area contributed by atoms with Gasteiger partial charge >= 0.3 is 0 Å². The highest BCUT2D eigenvalue weighted by Crippen LogP contribution is 2.41. The van der Waals surface area contributed by atoms with Crippen LogP contribution in [0, 0.1) is 6.33 Å². The number of hydrogen-bond donors (Lipinski definition) is 0. The Hall–Kier alpha value is -7.50. The Morgan fingerprint density at radius 1 is 0.515 bits per heavy atom. The van der Waals surface area contributed by atoms with Crippen LogP contribution in [0.3, 0.4) is 0 Å². The quantitative estimate of drug-likeness (QED) is 0.118. The van der Waals surface area contributed by atoms with E-state index in [4.69, 9.17) is 9.40 Å². The fourth-order valence-electron chi connectivity index (χ4n) is 9.92. The lowest BCUT2D eigenvalue weighted by molar-refractivity contribution is -0.571. The Morgan fingerprint density at radius 2 is 1.19 bits per heavy atom. The summed E-state index contributed by atoms with van der Waals surface area (Å²) in [5, 5.41) is 3.38. The lowest BCUT2D eigenvalue weighted by Gasteiger charge is -2.26. The lowest BCUT2D eigenvalue weighted by Crippen LogP contribution is -2.32. The number of para-hydroxylation sites is 3. The summed E-state index contributed by atoms with van der Waals surface area (Å²) in [5.41, 5.74) is 18.4. The van der Waals surface area contributed by atoms with Crippen LogP contribution in [0.1, 0.15) is 90.1 Å². The van der Waals surface area contributed by atoms with E-state index in [1.165, 1.54) is 60.8 Å². The number of rotatable bonds is 7. The van der Waals surface area contributed by atoms with Crippen molar-refractivity contribution in [3.63, 3.8) is 0 Å². The molecule has 0 atom stereocenters. The predicted molar refractivity (Wildman–Crippen MR) is 282 cm³/mol. The van der Waals surface area contributed by atoms with Crippen molar-refractivity contribution in [2.24, 2.45) is 0 Å². The van der Waals surface area contributed by atoms with Crippen molar-refractivity contribution >= 4 is 43.8 Å². The Balaban J connectivity index is 1.07. The second-order valence-corrected chi connectivity index (χ2v) is 21.6. The van der Waals surface area contributed by atoms with E-state index >= 15 is 0 Å². The summed E-state index contributed by atoms with van der Waals surface area (Å²) in [6.07, 6.45) is 8.30. The van der Waals surface area contributed by atoms with Crippen LogP contribution in [0.25, 0.3) is 83.3 Å². The van der Waals surface area contributed by atoms with Crippen molar-refractivity contribution < 1.29 is 8.98 Å². The van der Waals surface area contributed by atoms with Gasteiger partial charge in [0.1, 0.15) is 11.4 Å². The molecule has 0 N–H and O–H groups in total. The molecule has 7 aromatic carbocycles. The van der Waals surface area contributed by atoms with Crippen LogP contribution in [0.15, 0.2) is 181 Å². The number of pyridine rings is 1. The van der Waals surface area contributed by atoms with Crippen LogP contribution in [-0.2, 0) is 22.7 Å². The number of aromatic nitrogens is 4. The normalized spacial score (nSPS) is 12.5. The first kappa shape index (κ1) is 43.1. The van der Waals surface area contributed by atoms with Gasteiger partial charge in [-0.05, 0) is 109 Å². The summed E-state index contributed by atoms with van der Waals surface area (Å²) in [7, 11) is 0. The monoisotopic (exact) mass is 886 g/mol. The topological polar surface area (TPSA) is 39.8 Å². The minimum atomic E-state index is -0.0936. The molecule has 0 aliphatic carbocycles. The highest BCUT2D eigenvalue weighted by Gasteiger charge is 2.26. The molecule has 5 nitrogen and oxygen atoms in total. The van der Waals surface area contributed by atoms with Gasteiger partial charge in [-0.3, -0.25) is 13.7 Å². The zero-order valence-electron chi connectivity index (χ0n) is 40.6. The molecule has 11 aromatic rings. The summed E-state index contributed by atoms with van der Waals surface area (Å²) in [4.78, 5) is 4.91. The number of benzene rings is 7. The smallest absolute Gasteiger partial charge is 0.269 e. The van der Waals surface area contributed by atoms with Gasteiger partial charge in [0.2, 0.25) is 0 Å². The maximum atomic E-state index is 5.82. The maximum Gasteiger partial charge on any atom is 0.269 e. The molecule has 336 valence electrons. The van der Waals surface area contributed by atoms with E-state index in [1.807, 2.05) is 18.3 Å². The molecule has 0 aliphatic rings. The molecule has 0 radical (unpaired) electrons. The van der Waals surface area contributed by atoms with Crippen LogP contribution in [0.2, 0.25) is 0 Å². The average molecular weight is 887 g/mol. The van der Waals surface area contributed by atoms with E-state index < -0.39 is 0 Å². The first-order valence-corrected chi connectivity index (χ1v) is 23.9. The number of furan rings is 1. The fraction of sp³-hybridized carbons (Fsp3) is 0.206. The summed E-state index contributed by atoms with van der Waals surface area (Å²) in [6, 6.07) is 60.3. The van der Waals surface area contributed by atoms with Crippen LogP contribution in [-0.4, -0.2) is 14.1 Å². The molecule has 0 aliphatic heterocycles. The zero-order chi connectivity index (χ0) is 47.1. The van der Waals surface area contributed by atoms with Crippen LogP contribution >= 0.6 is 0 Å². The van der Waals surface area contributed by atoms with Crippen molar-refractivity contribution in [3.8, 4) is 39.4 Å². The second-order valence-electron chi connectivity index (χ2n) is 21.6. The van der Waals surface area contributed by atoms with Gasteiger partial charge in [-0.2, -0.15) is 0 Å². The molecule has 0 fully saturated rings. The number of nitrogens with zero attached hydrogens (tertiary/aromatic N) is 4. The predicted octanol–water partition coefficient (Wildman–Crippen LogP) is 15.8. The minimum Gasteiger partial charge on any atom is -0.464 e. The van der Waals surface area contributed by atoms with Gasteiger partial charge in [0.05, 0.1) is 45.1 Å². The molecule has 0 saturated carbocycles. The minimum absolute atomic E-state index is 0.0139. The van der Waals surface area contributed by atoms with Crippen molar-refractivity contribution in [1.29, 1.82) is 0 Å². The number of fused-ring (bicyclic) bond motifs is 5. The highest BCUT2D eigenvalue weighted by molar-refractivity contribution is 6.10. The maximum absolute atomic E-state index is 5.82. The van der Waals surface area contributed by atoms with Gasteiger partial charge in [0.15, 0.2) is 0 Å². The Labute approximate surface area is 400 Å². The van der Waals surface area contributed by atoms with Crippen LogP contribution < -0.4 is 4.57 Å². The molecule has 0 saturated heterocycles. The number of hydrogen-bond acceptors (Lipinski definition) is 2. The third-order valence-electron chi connectivity index (χ3n) is 13.8. The van der Waals surface area contributed by atoms with Crippen LogP contribution in [0.5, 0.6) is 0 Å². The van der Waals surface area contributed by atoms with Gasteiger partial charge in [-0.15, -0.1) is 0 Å². The van der Waals surface area contributed by atoms with Crippen molar-refractivity contribution in [2.45, 2.75) is 85.0 Å². The SMILES string of the molecule is CC(C)(C)c1ccc(-c2cc(C(C)(C)C)cc(-c3cccc(C(C)(C)C)c3)c2-[n+]2[c-]n(-c3cccc(Cc4ccc5c6ccccc6n(-c6nccc7occc67)c5c4)c3)c3ccccc32)cc1. The fourth-order valence-corrected chi connectivity index (χ4v) is 9.92. The Morgan fingerprint density at radius 3 is 1.96 bits per heavy atom. The van der Waals surface area contributed by atoms with E-state index in [9.17, 15) is 0 Å². The summed E-state index contributed by atoms with van der Waals surface area (Å²) < 4.78 is 12.7. The Bertz CT molecular complexity index is 3710. The van der Waals surface area contributed by atoms with Gasteiger partial charge in [0, 0.05) is 17.0 Å². The van der Waals surface area contributed by atoms with E-state index in [-0.39, 0.29) is 16.2 Å². The van der Waals surface area contributed by atoms with E-state index in [1.54, 1.807) is 6.26 Å². The molecule has 0 amide bonds. The molecule has 68 heavy (non-hydrogen) atoms. The molecule has 0 bridgehead atoms. The van der Waals surface area contributed by atoms with Crippen molar-refractivity contribution in [1.82, 2.24) is 14.1 Å². The molecule has 5 heteroatoms. The second kappa shape index (κ2) is 16.1. The molecule has 11 rings (SSSR count). The standard InChI is InChI=1S/C63H58N4O/c1-61(2,3)45-27-25-43(26-28-45)52-38-47(63(7,8)9)39-53(44-17-15-18-46(37-44)62(4,5)6)59(52)66-40-65(55-22-12-13-23-56(55)66)48-19-14-16-41(35-48)34-42-24-29-50-49-20-10-11-21-54(49)67(57(50)36-42)60-51-31-33-68-58(51)30-32-64-60/h10-33,35-39H,34H2,1-9H3. The lowest BCUT2D eigenvalue weighted by atomic mass is 9.80. The molecule has 4 heterocycles.